The molecule has 0 fully saturated rings. The Kier molecular flexibility index (Phi) is 4.27. The highest BCUT2D eigenvalue weighted by molar-refractivity contribution is 7.98. The van der Waals surface area contributed by atoms with Gasteiger partial charge in [-0.1, -0.05) is 30.3 Å². The molecule has 0 aliphatic heterocycles. The van der Waals surface area contributed by atoms with Crippen LogP contribution < -0.4 is 5.73 Å². The van der Waals surface area contributed by atoms with Gasteiger partial charge in [-0.05, 0) is 30.7 Å². The summed E-state index contributed by atoms with van der Waals surface area (Å²) in [5.41, 5.74) is 10.1. The first-order valence-electron chi connectivity index (χ1n) is 6.71. The summed E-state index contributed by atoms with van der Waals surface area (Å²) in [4.78, 5) is 5.98. The van der Waals surface area contributed by atoms with Crippen molar-refractivity contribution >= 4 is 28.8 Å². The number of hydrogen-bond donors (Lipinski definition) is 1. The Morgan fingerprint density at radius 2 is 1.95 bits per heavy atom. The average molecular weight is 312 g/mol. The number of rotatable bonds is 4. The first-order valence-corrected chi connectivity index (χ1v) is 8.57. The number of thioether (sulfide) groups is 1. The molecule has 21 heavy (non-hydrogen) atoms. The van der Waals surface area contributed by atoms with Crippen molar-refractivity contribution in [2.75, 3.05) is 5.73 Å². The van der Waals surface area contributed by atoms with Gasteiger partial charge in [0.05, 0.1) is 5.69 Å². The Hall–Kier alpha value is -1.78. The predicted octanol–water partition coefficient (Wildman–Crippen LogP) is 4.99. The number of aryl methyl sites for hydroxylation is 1. The summed E-state index contributed by atoms with van der Waals surface area (Å²) < 4.78 is 0. The van der Waals surface area contributed by atoms with Gasteiger partial charge >= 0.3 is 0 Å². The van der Waals surface area contributed by atoms with Crippen LogP contribution in [-0.2, 0) is 5.75 Å². The van der Waals surface area contributed by atoms with E-state index >= 15 is 0 Å². The van der Waals surface area contributed by atoms with Crippen LogP contribution in [-0.4, -0.2) is 4.98 Å². The van der Waals surface area contributed by atoms with Crippen molar-refractivity contribution in [2.24, 2.45) is 0 Å². The molecule has 0 unspecified atom stereocenters. The second kappa shape index (κ2) is 6.33. The molecule has 106 valence electrons. The third-order valence-corrected chi connectivity index (χ3v) is 5.30. The van der Waals surface area contributed by atoms with Gasteiger partial charge in [-0.2, -0.15) is 0 Å². The third kappa shape index (κ3) is 3.46. The van der Waals surface area contributed by atoms with E-state index in [-0.39, 0.29) is 0 Å². The van der Waals surface area contributed by atoms with Gasteiger partial charge in [0, 0.05) is 27.3 Å². The minimum absolute atomic E-state index is 0.817. The lowest BCUT2D eigenvalue weighted by atomic mass is 10.2. The van der Waals surface area contributed by atoms with Crippen molar-refractivity contribution in [1.29, 1.82) is 0 Å². The molecular weight excluding hydrogens is 296 g/mol. The smallest absolute Gasteiger partial charge is 0.123 e. The second-order valence-corrected chi connectivity index (χ2v) is 6.70. The zero-order chi connectivity index (χ0) is 14.7. The highest BCUT2D eigenvalue weighted by Gasteiger charge is 2.06. The van der Waals surface area contributed by atoms with Crippen LogP contribution in [0.2, 0.25) is 0 Å². The first kappa shape index (κ1) is 14.2. The normalized spacial score (nSPS) is 10.7. The lowest BCUT2D eigenvalue weighted by molar-refractivity contribution is 1.22. The molecule has 1 heterocycles. The molecule has 0 atom stereocenters. The van der Waals surface area contributed by atoms with E-state index in [0.717, 1.165) is 22.1 Å². The fourth-order valence-electron chi connectivity index (χ4n) is 2.07. The van der Waals surface area contributed by atoms with Gasteiger partial charge in [0.2, 0.25) is 0 Å². The Labute approximate surface area is 133 Å². The van der Waals surface area contributed by atoms with Crippen LogP contribution in [0.4, 0.5) is 5.69 Å². The Balaban J connectivity index is 1.70. The zero-order valence-electron chi connectivity index (χ0n) is 11.7. The fourth-order valence-corrected chi connectivity index (χ4v) is 3.91. The lowest BCUT2D eigenvalue weighted by Gasteiger charge is -2.05. The van der Waals surface area contributed by atoms with Crippen LogP contribution in [0.25, 0.3) is 10.6 Å². The minimum atomic E-state index is 0.817. The summed E-state index contributed by atoms with van der Waals surface area (Å²) in [7, 11) is 0. The largest absolute Gasteiger partial charge is 0.399 e. The molecule has 3 aromatic rings. The van der Waals surface area contributed by atoms with E-state index < -0.39 is 0 Å². The molecule has 0 radical (unpaired) electrons. The highest BCUT2D eigenvalue weighted by Crippen LogP contribution is 2.30. The Morgan fingerprint density at radius 3 is 2.71 bits per heavy atom. The summed E-state index contributed by atoms with van der Waals surface area (Å²) in [5.74, 6) is 0.883. The number of thiazole rings is 1. The Morgan fingerprint density at radius 1 is 1.14 bits per heavy atom. The molecule has 2 nitrogen and oxygen atoms in total. The summed E-state index contributed by atoms with van der Waals surface area (Å²) in [6.07, 6.45) is 0. The van der Waals surface area contributed by atoms with Crippen molar-refractivity contribution < 1.29 is 0 Å². The SMILES string of the molecule is Cc1cc(N)ccc1SCc1csc(-c2ccccc2)n1. The molecule has 0 aliphatic carbocycles. The lowest BCUT2D eigenvalue weighted by Crippen LogP contribution is -1.88. The molecule has 3 rings (SSSR count). The average Bonchev–Trinajstić information content (AvgIpc) is 2.96. The fraction of sp³-hybridized carbons (Fsp3) is 0.118. The first-order chi connectivity index (χ1) is 10.2. The minimum Gasteiger partial charge on any atom is -0.399 e. The van der Waals surface area contributed by atoms with Crippen LogP contribution in [0.3, 0.4) is 0 Å². The summed E-state index contributed by atoms with van der Waals surface area (Å²) in [6, 6.07) is 16.4. The van der Waals surface area contributed by atoms with E-state index in [1.165, 1.54) is 16.0 Å². The van der Waals surface area contributed by atoms with Crippen LogP contribution >= 0.6 is 23.1 Å². The monoisotopic (exact) mass is 312 g/mol. The van der Waals surface area contributed by atoms with Gasteiger partial charge in [0.15, 0.2) is 0 Å². The van der Waals surface area contributed by atoms with Crippen LogP contribution in [0.15, 0.2) is 58.8 Å². The number of nitrogen functional groups attached to an aromatic ring is 1. The van der Waals surface area contributed by atoms with Crippen molar-refractivity contribution in [3.63, 3.8) is 0 Å². The van der Waals surface area contributed by atoms with Gasteiger partial charge in [-0.3, -0.25) is 0 Å². The maximum atomic E-state index is 5.78. The van der Waals surface area contributed by atoms with Gasteiger partial charge in [-0.25, -0.2) is 4.98 Å². The summed E-state index contributed by atoms with van der Waals surface area (Å²) in [5, 5.41) is 3.22. The van der Waals surface area contributed by atoms with E-state index in [1.807, 2.05) is 30.3 Å². The van der Waals surface area contributed by atoms with Crippen LogP contribution in [0.1, 0.15) is 11.3 Å². The molecule has 0 bridgehead atoms. The summed E-state index contributed by atoms with van der Waals surface area (Å²) >= 11 is 3.51. The molecular formula is C17H16N2S2. The van der Waals surface area contributed by atoms with Gasteiger partial charge < -0.3 is 5.73 Å². The molecule has 0 aliphatic rings. The molecule has 1 aromatic heterocycles. The molecule has 0 spiro atoms. The molecule has 2 N–H and O–H groups in total. The number of aromatic nitrogens is 1. The number of hydrogen-bond acceptors (Lipinski definition) is 4. The van der Waals surface area contributed by atoms with Crippen molar-refractivity contribution in [3.05, 3.63) is 65.2 Å². The van der Waals surface area contributed by atoms with Gasteiger partial charge in [0.1, 0.15) is 5.01 Å². The van der Waals surface area contributed by atoms with Gasteiger partial charge in [-0.15, -0.1) is 23.1 Å². The van der Waals surface area contributed by atoms with E-state index in [9.17, 15) is 0 Å². The predicted molar refractivity (Wildman–Crippen MR) is 92.7 cm³/mol. The third-order valence-electron chi connectivity index (χ3n) is 3.15. The molecule has 2 aromatic carbocycles. The topological polar surface area (TPSA) is 38.9 Å². The van der Waals surface area contributed by atoms with Gasteiger partial charge in [0.25, 0.3) is 0 Å². The quantitative estimate of drug-likeness (QED) is 0.544. The Bertz CT molecular complexity index is 736. The van der Waals surface area contributed by atoms with E-state index in [2.05, 4.69) is 30.5 Å². The highest BCUT2D eigenvalue weighted by atomic mass is 32.2. The maximum absolute atomic E-state index is 5.78. The van der Waals surface area contributed by atoms with Crippen LogP contribution in [0, 0.1) is 6.92 Å². The number of anilines is 1. The number of nitrogens with two attached hydrogens (primary N) is 1. The maximum Gasteiger partial charge on any atom is 0.123 e. The zero-order valence-corrected chi connectivity index (χ0v) is 13.4. The number of nitrogens with zero attached hydrogens (tertiary/aromatic N) is 1. The van der Waals surface area contributed by atoms with Crippen molar-refractivity contribution in [2.45, 2.75) is 17.6 Å². The van der Waals surface area contributed by atoms with Crippen molar-refractivity contribution in [3.8, 4) is 10.6 Å². The number of benzene rings is 2. The van der Waals surface area contributed by atoms with Crippen LogP contribution in [0.5, 0.6) is 0 Å². The van der Waals surface area contributed by atoms with E-state index in [1.54, 1.807) is 23.1 Å². The van der Waals surface area contributed by atoms with E-state index in [4.69, 9.17) is 10.7 Å². The molecule has 4 heteroatoms. The standard InChI is InChI=1S/C17H16N2S2/c1-12-9-14(18)7-8-16(12)20-10-15-11-21-17(19-15)13-5-3-2-4-6-13/h2-9,11H,10,18H2,1H3. The van der Waals surface area contributed by atoms with E-state index in [0.29, 0.717) is 0 Å². The summed E-state index contributed by atoms with van der Waals surface area (Å²) in [6.45, 7) is 2.09. The second-order valence-electron chi connectivity index (χ2n) is 4.82. The van der Waals surface area contributed by atoms with Crippen molar-refractivity contribution in [1.82, 2.24) is 4.98 Å². The molecule has 0 saturated heterocycles. The molecule has 0 saturated carbocycles. The molecule has 0 amide bonds.